The number of methoxy groups -OCH3 is 3. The van der Waals surface area contributed by atoms with E-state index < -0.39 is 51.0 Å². The minimum Gasteiger partial charge on any atom is -0.497 e. The maximum Gasteiger partial charge on any atom is 0.418 e. The van der Waals surface area contributed by atoms with Crippen molar-refractivity contribution in [2.45, 2.75) is 77.5 Å². The van der Waals surface area contributed by atoms with Crippen molar-refractivity contribution in [2.75, 3.05) is 44.2 Å². The van der Waals surface area contributed by atoms with Gasteiger partial charge in [-0.05, 0) is 99.2 Å². The number of halogens is 6. The average Bonchev–Trinajstić information content (AvgIpc) is 3.46. The number of alkyl halides is 3. The summed E-state index contributed by atoms with van der Waals surface area (Å²) in [5.74, 6) is 0.185. The predicted molar refractivity (Wildman–Crippen MR) is 222 cm³/mol. The van der Waals surface area contributed by atoms with Crippen molar-refractivity contribution in [1.29, 1.82) is 0 Å². The number of rotatable bonds is 10. The molecular weight excluding hydrogens is 827 g/mol. The van der Waals surface area contributed by atoms with Gasteiger partial charge in [0, 0.05) is 26.2 Å². The zero-order chi connectivity index (χ0) is 43.3. The average molecular weight is 872 g/mol. The number of pyridine rings is 1. The second kappa shape index (κ2) is 16.6. The lowest BCUT2D eigenvalue weighted by Crippen LogP contribution is -2.57. The summed E-state index contributed by atoms with van der Waals surface area (Å²) in [4.78, 5) is 31.8. The first-order valence-electron chi connectivity index (χ1n) is 19.2. The van der Waals surface area contributed by atoms with Crippen LogP contribution in [0.2, 0.25) is 10.3 Å². The number of amides is 1. The number of nitrogens with zero attached hydrogens (tertiary/aromatic N) is 6. The lowest BCUT2D eigenvalue weighted by atomic mass is 9.98. The Hall–Kier alpha value is -5.28. The van der Waals surface area contributed by atoms with E-state index in [-0.39, 0.29) is 71.9 Å². The predicted octanol–water partition coefficient (Wildman–Crippen LogP) is 10.3. The highest BCUT2D eigenvalue weighted by Crippen LogP contribution is 2.50. The molecule has 2 atom stereocenters. The molecule has 2 aromatic heterocycles. The van der Waals surface area contributed by atoms with E-state index in [2.05, 4.69) is 15.0 Å². The maximum absolute atomic E-state index is 17.4. The summed E-state index contributed by atoms with van der Waals surface area (Å²) < 4.78 is 85.1. The van der Waals surface area contributed by atoms with E-state index in [9.17, 15) is 4.79 Å². The summed E-state index contributed by atoms with van der Waals surface area (Å²) in [5.41, 5.74) is -2.31. The lowest BCUT2D eigenvalue weighted by Gasteiger charge is -2.42. The van der Waals surface area contributed by atoms with Crippen LogP contribution >= 0.6 is 23.2 Å². The minimum atomic E-state index is -4.98. The van der Waals surface area contributed by atoms with E-state index in [0.717, 1.165) is 11.1 Å². The molecule has 60 heavy (non-hydrogen) atoms. The summed E-state index contributed by atoms with van der Waals surface area (Å²) in [6.07, 6.45) is -4.05. The van der Waals surface area contributed by atoms with Crippen LogP contribution in [-0.2, 0) is 24.0 Å². The van der Waals surface area contributed by atoms with E-state index in [1.807, 2.05) is 29.2 Å². The van der Waals surface area contributed by atoms with Crippen LogP contribution in [0.1, 0.15) is 55.9 Å². The molecule has 0 radical (unpaired) electrons. The normalized spacial score (nSPS) is 16.6. The molecule has 2 aliphatic rings. The van der Waals surface area contributed by atoms with E-state index in [1.54, 1.807) is 69.1 Å². The molecule has 3 aromatic carbocycles. The summed E-state index contributed by atoms with van der Waals surface area (Å²) in [5, 5.41) is -0.801. The van der Waals surface area contributed by atoms with E-state index in [1.165, 1.54) is 20.1 Å². The number of carbonyl (C=O) groups excluding carboxylic acids is 1. The summed E-state index contributed by atoms with van der Waals surface area (Å²) in [6, 6.07) is 15.3. The van der Waals surface area contributed by atoms with Crippen LogP contribution in [0.3, 0.4) is 0 Å². The van der Waals surface area contributed by atoms with Crippen molar-refractivity contribution in [3.63, 3.8) is 0 Å². The molecule has 7 rings (SSSR count). The Morgan fingerprint density at radius 1 is 0.850 bits per heavy atom. The Balaban J connectivity index is 1.37. The van der Waals surface area contributed by atoms with Crippen molar-refractivity contribution in [3.05, 3.63) is 93.0 Å². The van der Waals surface area contributed by atoms with Gasteiger partial charge in [0.15, 0.2) is 11.6 Å². The largest absolute Gasteiger partial charge is 0.497 e. The van der Waals surface area contributed by atoms with E-state index in [4.69, 9.17) is 42.1 Å². The van der Waals surface area contributed by atoms with Crippen molar-refractivity contribution < 1.29 is 41.3 Å². The Morgan fingerprint density at radius 3 is 1.88 bits per heavy atom. The van der Waals surface area contributed by atoms with E-state index >= 15 is 17.6 Å². The zero-order valence-corrected chi connectivity index (χ0v) is 35.6. The lowest BCUT2D eigenvalue weighted by molar-refractivity contribution is -0.137. The van der Waals surface area contributed by atoms with Gasteiger partial charge in [0.25, 0.3) is 0 Å². The Bertz CT molecular complexity index is 2350. The molecule has 11 nitrogen and oxygen atoms in total. The third kappa shape index (κ3) is 8.51. The van der Waals surface area contributed by atoms with Gasteiger partial charge in [-0.2, -0.15) is 18.2 Å². The molecular formula is C43H44Cl2F4N6O5. The monoisotopic (exact) mass is 870 g/mol. The van der Waals surface area contributed by atoms with Gasteiger partial charge in [-0.1, -0.05) is 35.9 Å². The number of hydrogen-bond donors (Lipinski definition) is 0. The van der Waals surface area contributed by atoms with Gasteiger partial charge in [0.2, 0.25) is 5.28 Å². The van der Waals surface area contributed by atoms with Crippen LogP contribution in [0.25, 0.3) is 22.2 Å². The maximum atomic E-state index is 17.4. The Kier molecular flexibility index (Phi) is 11.9. The zero-order valence-electron chi connectivity index (χ0n) is 34.1. The van der Waals surface area contributed by atoms with Crippen LogP contribution in [0.15, 0.2) is 54.6 Å². The van der Waals surface area contributed by atoms with Crippen molar-refractivity contribution in [2.24, 2.45) is 0 Å². The van der Waals surface area contributed by atoms with Crippen molar-refractivity contribution in [1.82, 2.24) is 19.9 Å². The molecule has 4 heterocycles. The first-order chi connectivity index (χ1) is 28.4. The van der Waals surface area contributed by atoms with Gasteiger partial charge in [-0.25, -0.2) is 19.2 Å². The number of benzene rings is 3. The molecule has 318 valence electrons. The Labute approximate surface area is 355 Å². The highest BCUT2D eigenvalue weighted by atomic mass is 35.5. The molecule has 2 aliphatic heterocycles. The number of fused-ring (bicyclic) bond motifs is 3. The highest BCUT2D eigenvalue weighted by molar-refractivity contribution is 6.37. The second-order valence-electron chi connectivity index (χ2n) is 15.8. The number of aromatic nitrogens is 3. The van der Waals surface area contributed by atoms with Gasteiger partial charge >= 0.3 is 12.3 Å². The van der Waals surface area contributed by atoms with Crippen LogP contribution < -0.4 is 24.0 Å². The molecule has 2 saturated heterocycles. The highest BCUT2D eigenvalue weighted by Gasteiger charge is 2.46. The number of ether oxygens (including phenoxy) is 4. The molecule has 0 saturated carbocycles. The third-order valence-electron chi connectivity index (χ3n) is 10.6. The first-order valence-corrected chi connectivity index (χ1v) is 19.9. The quantitative estimate of drug-likeness (QED) is 0.0996. The molecule has 2 fully saturated rings. The van der Waals surface area contributed by atoms with Gasteiger partial charge in [0.1, 0.15) is 34.3 Å². The summed E-state index contributed by atoms with van der Waals surface area (Å²) >= 11 is 13.5. The summed E-state index contributed by atoms with van der Waals surface area (Å²) in [7, 11) is 4.37. The Morgan fingerprint density at radius 2 is 1.40 bits per heavy atom. The van der Waals surface area contributed by atoms with E-state index in [0.29, 0.717) is 24.3 Å². The SMILES string of the molecule is COc1ccc(CN(Cc2ccc(OC)cc2)c2cc(C)c(C(F)(F)F)c(-c3c(Cl)c(OC)c4c(N5CC6CCC(C5)N6C(=O)OC(C)(C)C)nc(Cl)nc4c3F)n2)cc1. The molecule has 0 aliphatic carbocycles. The van der Waals surface area contributed by atoms with Crippen LogP contribution in [0.4, 0.5) is 34.0 Å². The fraction of sp³-hybridized carbons (Fsp3) is 0.395. The summed E-state index contributed by atoms with van der Waals surface area (Å²) in [6.45, 7) is 7.65. The topological polar surface area (TPSA) is 102 Å². The van der Waals surface area contributed by atoms with Gasteiger partial charge in [0.05, 0.1) is 60.6 Å². The van der Waals surface area contributed by atoms with Crippen LogP contribution in [-0.4, -0.2) is 78.0 Å². The molecule has 2 unspecified atom stereocenters. The molecule has 17 heteroatoms. The molecule has 0 spiro atoms. The fourth-order valence-corrected chi connectivity index (χ4v) is 8.53. The number of anilines is 2. The standard InChI is InChI=1S/C43H44Cl2F4N6O5/c1-23-18-30(53(19-24-8-14-28(57-5)15-9-24)20-25-10-16-29(58-6)17-11-25)50-36(33(23)43(47,48)49)31-34(44)38(59-7)32-37(35(31)46)51-40(45)52-39(32)54-21-26-12-13-27(22-54)55(26)41(56)60-42(2,3)4/h8-11,14-18,26-27H,12-13,19-22H2,1-7H3. The van der Waals surface area contributed by atoms with Crippen LogP contribution in [0.5, 0.6) is 17.2 Å². The van der Waals surface area contributed by atoms with Crippen molar-refractivity contribution >= 4 is 51.8 Å². The fourth-order valence-electron chi connectivity index (χ4n) is 8.02. The molecule has 0 N–H and O–H groups in total. The third-order valence-corrected chi connectivity index (χ3v) is 11.2. The van der Waals surface area contributed by atoms with Gasteiger partial charge < -0.3 is 28.7 Å². The molecule has 2 bridgehead atoms. The first kappa shape index (κ1) is 42.8. The molecule has 5 aromatic rings. The van der Waals surface area contributed by atoms with Gasteiger partial charge in [-0.15, -0.1) is 0 Å². The van der Waals surface area contributed by atoms with Crippen molar-refractivity contribution in [3.8, 4) is 28.5 Å². The number of piperazine rings is 1. The van der Waals surface area contributed by atoms with Gasteiger partial charge in [-0.3, -0.25) is 4.90 Å². The number of aryl methyl sites for hydroxylation is 1. The second-order valence-corrected chi connectivity index (χ2v) is 16.5. The minimum absolute atomic E-state index is 0.0142. The smallest absolute Gasteiger partial charge is 0.418 e. The van der Waals surface area contributed by atoms with Crippen LogP contribution in [0, 0.1) is 12.7 Å². The number of hydrogen-bond acceptors (Lipinski definition) is 10. The number of carbonyl (C=O) groups is 1. The molecule has 1 amide bonds.